The number of benzene rings is 1. The summed E-state index contributed by atoms with van der Waals surface area (Å²) in [6, 6.07) is 6.62. The van der Waals surface area contributed by atoms with Gasteiger partial charge < -0.3 is 20.0 Å². The molecule has 3 amide bonds. The number of hydrogen-bond donors (Lipinski definition) is 2. The minimum Gasteiger partial charge on any atom is -0.472 e. The molecule has 2 heterocycles. The van der Waals surface area contributed by atoms with Gasteiger partial charge in [0.15, 0.2) is 0 Å². The van der Waals surface area contributed by atoms with Gasteiger partial charge in [-0.1, -0.05) is 11.6 Å². The van der Waals surface area contributed by atoms with Crippen LogP contribution in [0, 0.1) is 0 Å². The molecule has 0 saturated carbocycles. The SMILES string of the molecule is C[C@@H]1CCC[C@@H](C)N1C(=O)c1cc(Cl)ccc1NC(=O)NCc1ccoc1. The summed E-state index contributed by atoms with van der Waals surface area (Å²) in [5, 5.41) is 5.96. The van der Waals surface area contributed by atoms with Crippen molar-refractivity contribution < 1.29 is 14.0 Å². The van der Waals surface area contributed by atoms with Crippen LogP contribution in [0.25, 0.3) is 0 Å². The van der Waals surface area contributed by atoms with Crippen molar-refractivity contribution in [3.63, 3.8) is 0 Å². The molecule has 1 aliphatic heterocycles. The maximum atomic E-state index is 13.2. The van der Waals surface area contributed by atoms with Gasteiger partial charge in [-0.2, -0.15) is 0 Å². The molecule has 27 heavy (non-hydrogen) atoms. The summed E-state index contributed by atoms with van der Waals surface area (Å²) >= 11 is 6.13. The Bertz CT molecular complexity index is 797. The zero-order chi connectivity index (χ0) is 19.4. The maximum Gasteiger partial charge on any atom is 0.319 e. The van der Waals surface area contributed by atoms with Crippen LogP contribution in [0.5, 0.6) is 0 Å². The fourth-order valence-corrected chi connectivity index (χ4v) is 3.68. The van der Waals surface area contributed by atoms with Crippen molar-refractivity contribution in [2.24, 2.45) is 0 Å². The molecule has 6 nitrogen and oxygen atoms in total. The highest BCUT2D eigenvalue weighted by atomic mass is 35.5. The number of carbonyl (C=O) groups excluding carboxylic acids is 2. The Labute approximate surface area is 163 Å². The fourth-order valence-electron chi connectivity index (χ4n) is 3.51. The molecule has 1 aromatic carbocycles. The van der Waals surface area contributed by atoms with Crippen molar-refractivity contribution in [2.75, 3.05) is 5.32 Å². The predicted octanol–water partition coefficient (Wildman–Crippen LogP) is 4.66. The zero-order valence-electron chi connectivity index (χ0n) is 15.5. The lowest BCUT2D eigenvalue weighted by molar-refractivity contribution is 0.0512. The van der Waals surface area contributed by atoms with Crippen LogP contribution >= 0.6 is 11.6 Å². The zero-order valence-corrected chi connectivity index (χ0v) is 16.3. The number of nitrogens with zero attached hydrogens (tertiary/aromatic N) is 1. The van der Waals surface area contributed by atoms with E-state index in [4.69, 9.17) is 16.0 Å². The van der Waals surface area contributed by atoms with Crippen molar-refractivity contribution in [2.45, 2.75) is 51.7 Å². The van der Waals surface area contributed by atoms with Gasteiger partial charge in [0.2, 0.25) is 0 Å². The van der Waals surface area contributed by atoms with Gasteiger partial charge >= 0.3 is 6.03 Å². The smallest absolute Gasteiger partial charge is 0.319 e. The molecule has 1 fully saturated rings. The third-order valence-electron chi connectivity index (χ3n) is 4.92. The second kappa shape index (κ2) is 8.48. The number of carbonyl (C=O) groups is 2. The van der Waals surface area contributed by atoms with E-state index in [0.29, 0.717) is 22.8 Å². The summed E-state index contributed by atoms with van der Waals surface area (Å²) in [7, 11) is 0. The summed E-state index contributed by atoms with van der Waals surface area (Å²) in [5.74, 6) is -0.109. The van der Waals surface area contributed by atoms with E-state index in [2.05, 4.69) is 24.5 Å². The predicted molar refractivity (Wildman–Crippen MR) is 105 cm³/mol. The maximum absolute atomic E-state index is 13.2. The molecule has 0 unspecified atom stereocenters. The van der Waals surface area contributed by atoms with Crippen LogP contribution in [0.3, 0.4) is 0 Å². The van der Waals surface area contributed by atoms with Gasteiger partial charge in [-0.15, -0.1) is 0 Å². The number of halogens is 1. The number of furan rings is 1. The van der Waals surface area contributed by atoms with Gasteiger partial charge in [0.1, 0.15) is 0 Å². The lowest BCUT2D eigenvalue weighted by atomic mass is 9.96. The highest BCUT2D eigenvalue weighted by molar-refractivity contribution is 6.31. The number of hydrogen-bond acceptors (Lipinski definition) is 3. The molecular formula is C20H24ClN3O3. The minimum absolute atomic E-state index is 0.109. The van der Waals surface area contributed by atoms with Crippen molar-refractivity contribution in [1.29, 1.82) is 0 Å². The monoisotopic (exact) mass is 389 g/mol. The van der Waals surface area contributed by atoms with Gasteiger partial charge in [-0.05, 0) is 57.4 Å². The number of nitrogens with one attached hydrogen (secondary N) is 2. The van der Waals surface area contributed by atoms with Crippen LogP contribution < -0.4 is 10.6 Å². The van der Waals surface area contributed by atoms with Crippen LogP contribution in [0.4, 0.5) is 10.5 Å². The molecule has 0 bridgehead atoms. The first-order valence-electron chi connectivity index (χ1n) is 9.14. The number of rotatable bonds is 4. The second-order valence-electron chi connectivity index (χ2n) is 6.97. The summed E-state index contributed by atoms with van der Waals surface area (Å²) in [4.78, 5) is 27.4. The van der Waals surface area contributed by atoms with Crippen molar-refractivity contribution >= 4 is 29.2 Å². The molecule has 1 aromatic heterocycles. The minimum atomic E-state index is -0.396. The number of likely N-dealkylation sites (tertiary alicyclic amines) is 1. The van der Waals surface area contributed by atoms with Crippen molar-refractivity contribution in [3.05, 3.63) is 52.9 Å². The van der Waals surface area contributed by atoms with E-state index in [1.54, 1.807) is 36.8 Å². The second-order valence-corrected chi connectivity index (χ2v) is 7.41. The molecular weight excluding hydrogens is 366 g/mol. The Kier molecular flexibility index (Phi) is 6.06. The quantitative estimate of drug-likeness (QED) is 0.798. The highest BCUT2D eigenvalue weighted by Crippen LogP contribution is 2.28. The van der Waals surface area contributed by atoms with Crippen LogP contribution in [0.2, 0.25) is 5.02 Å². The molecule has 2 atom stereocenters. The summed E-state index contributed by atoms with van der Waals surface area (Å²) in [6.45, 7) is 4.45. The molecule has 2 aromatic rings. The third-order valence-corrected chi connectivity index (χ3v) is 5.16. The molecule has 3 rings (SSSR count). The summed E-state index contributed by atoms with van der Waals surface area (Å²) < 4.78 is 4.98. The third kappa shape index (κ3) is 4.63. The summed E-state index contributed by atoms with van der Waals surface area (Å²) in [6.07, 6.45) is 6.18. The van der Waals surface area contributed by atoms with E-state index >= 15 is 0 Å². The lowest BCUT2D eigenvalue weighted by Gasteiger charge is -2.39. The Morgan fingerprint density at radius 2 is 1.96 bits per heavy atom. The van der Waals surface area contributed by atoms with E-state index in [9.17, 15) is 9.59 Å². The first-order valence-corrected chi connectivity index (χ1v) is 9.51. The fraction of sp³-hybridized carbons (Fsp3) is 0.400. The Balaban J connectivity index is 1.76. The molecule has 1 aliphatic rings. The Hall–Kier alpha value is -2.47. The molecule has 0 spiro atoms. The van der Waals surface area contributed by atoms with Crippen LogP contribution in [0.15, 0.2) is 41.2 Å². The molecule has 2 N–H and O–H groups in total. The average molecular weight is 390 g/mol. The van der Waals surface area contributed by atoms with Crippen LogP contribution in [0.1, 0.15) is 49.0 Å². The average Bonchev–Trinajstić information content (AvgIpc) is 3.15. The van der Waals surface area contributed by atoms with Gasteiger partial charge in [-0.25, -0.2) is 4.79 Å². The molecule has 7 heteroatoms. The Morgan fingerprint density at radius 3 is 2.63 bits per heavy atom. The van der Waals surface area contributed by atoms with Gasteiger partial charge in [0.05, 0.1) is 23.8 Å². The van der Waals surface area contributed by atoms with Gasteiger partial charge in [0.25, 0.3) is 5.91 Å². The van der Waals surface area contributed by atoms with Gasteiger partial charge in [0, 0.05) is 29.2 Å². The number of amides is 3. The van der Waals surface area contributed by atoms with E-state index in [0.717, 1.165) is 24.8 Å². The van der Waals surface area contributed by atoms with Crippen LogP contribution in [-0.4, -0.2) is 28.9 Å². The Morgan fingerprint density at radius 1 is 1.22 bits per heavy atom. The van der Waals surface area contributed by atoms with E-state index < -0.39 is 6.03 Å². The highest BCUT2D eigenvalue weighted by Gasteiger charge is 2.31. The molecule has 1 saturated heterocycles. The van der Waals surface area contributed by atoms with E-state index in [1.807, 2.05) is 4.90 Å². The molecule has 144 valence electrons. The van der Waals surface area contributed by atoms with E-state index in [1.165, 1.54) is 0 Å². The number of anilines is 1. The topological polar surface area (TPSA) is 74.6 Å². The van der Waals surface area contributed by atoms with E-state index in [-0.39, 0.29) is 18.0 Å². The number of piperidine rings is 1. The summed E-state index contributed by atoms with van der Waals surface area (Å²) in [5.41, 5.74) is 1.70. The lowest BCUT2D eigenvalue weighted by Crippen LogP contribution is -2.47. The van der Waals surface area contributed by atoms with Crippen molar-refractivity contribution in [3.8, 4) is 0 Å². The first-order chi connectivity index (χ1) is 13.0. The van der Waals surface area contributed by atoms with Gasteiger partial charge in [-0.3, -0.25) is 4.79 Å². The number of urea groups is 1. The van der Waals surface area contributed by atoms with Crippen molar-refractivity contribution in [1.82, 2.24) is 10.2 Å². The van der Waals surface area contributed by atoms with Crippen LogP contribution in [-0.2, 0) is 6.54 Å². The normalized spacial score (nSPS) is 19.6. The standard InChI is InChI=1S/C20H24ClN3O3/c1-13-4-3-5-14(2)24(13)19(25)17-10-16(21)6-7-18(17)23-20(26)22-11-15-8-9-27-12-15/h6-10,12-14H,3-5,11H2,1-2H3,(H2,22,23,26)/t13-,14-/m1/s1. The molecule has 0 aliphatic carbocycles. The first kappa shape index (κ1) is 19.3. The largest absolute Gasteiger partial charge is 0.472 e. The molecule has 0 radical (unpaired) electrons.